The number of hydrogen-bond donors (Lipinski definition) is 0. The maximum absolute atomic E-state index is 5.35. The number of aromatic nitrogens is 4. The number of nitrogens with zero attached hydrogens (tertiary/aromatic N) is 4. The van der Waals surface area contributed by atoms with Gasteiger partial charge >= 0.3 is 0 Å². The lowest BCUT2D eigenvalue weighted by Gasteiger charge is -2.14. The minimum absolute atomic E-state index is 0.887. The van der Waals surface area contributed by atoms with E-state index < -0.39 is 0 Å². The molecule has 4 heterocycles. The van der Waals surface area contributed by atoms with E-state index >= 15 is 0 Å². The molecule has 10 aromatic rings. The molecule has 0 saturated carbocycles. The van der Waals surface area contributed by atoms with Crippen molar-refractivity contribution >= 4 is 60.2 Å². The minimum Gasteiger partial charge on any atom is -0.294 e. The first kappa shape index (κ1) is 25.1. The van der Waals surface area contributed by atoms with Gasteiger partial charge in [0.2, 0.25) is 0 Å². The fraction of sp³-hybridized carbons (Fsp3) is 0. The van der Waals surface area contributed by atoms with Crippen LogP contribution in [0.15, 0.2) is 158 Å². The molecule has 0 aliphatic rings. The van der Waals surface area contributed by atoms with E-state index in [9.17, 15) is 0 Å². The zero-order valence-corrected chi connectivity index (χ0v) is 24.8. The Bertz CT molecular complexity index is 2730. The molecule has 0 saturated heterocycles. The first-order valence-corrected chi connectivity index (χ1v) is 15.6. The first-order chi connectivity index (χ1) is 22.8. The molecule has 0 unspecified atom stereocenters. The fourth-order valence-electron chi connectivity index (χ4n) is 7.27. The van der Waals surface area contributed by atoms with Crippen molar-refractivity contribution in [1.29, 1.82) is 0 Å². The highest BCUT2D eigenvalue weighted by molar-refractivity contribution is 6.26. The summed E-state index contributed by atoms with van der Waals surface area (Å²) in [4.78, 5) is 10.5. The average molecular weight is 587 g/mol. The molecule has 0 fully saturated rings. The van der Waals surface area contributed by atoms with Gasteiger partial charge in [-0.05, 0) is 52.9 Å². The van der Waals surface area contributed by atoms with Crippen molar-refractivity contribution in [3.8, 4) is 28.2 Å². The zero-order chi connectivity index (χ0) is 30.2. The Labute approximate surface area is 264 Å². The third-order valence-corrected chi connectivity index (χ3v) is 9.27. The molecule has 0 aliphatic heterocycles. The van der Waals surface area contributed by atoms with Crippen LogP contribution in [0.3, 0.4) is 0 Å². The van der Waals surface area contributed by atoms with E-state index in [0.717, 1.165) is 66.8 Å². The van der Waals surface area contributed by atoms with E-state index in [4.69, 9.17) is 9.97 Å². The molecule has 0 N–H and O–H groups in total. The molecule has 0 atom stereocenters. The Morgan fingerprint density at radius 3 is 1.87 bits per heavy atom. The van der Waals surface area contributed by atoms with Crippen molar-refractivity contribution < 1.29 is 0 Å². The summed E-state index contributed by atoms with van der Waals surface area (Å²) in [6, 6.07) is 55.8. The van der Waals surface area contributed by atoms with Gasteiger partial charge in [0.15, 0.2) is 0 Å². The summed E-state index contributed by atoms with van der Waals surface area (Å²) >= 11 is 0. The average Bonchev–Trinajstić information content (AvgIpc) is 3.69. The second-order valence-electron chi connectivity index (χ2n) is 11.8. The van der Waals surface area contributed by atoms with Gasteiger partial charge in [0.05, 0.1) is 33.3 Å². The maximum atomic E-state index is 5.35. The van der Waals surface area contributed by atoms with Gasteiger partial charge in [0.25, 0.3) is 0 Å². The molecular weight excluding hydrogens is 560 g/mol. The van der Waals surface area contributed by atoms with Gasteiger partial charge in [-0.15, -0.1) is 0 Å². The van der Waals surface area contributed by atoms with Crippen LogP contribution in [0.1, 0.15) is 0 Å². The number of imidazole rings is 1. The van der Waals surface area contributed by atoms with Crippen LogP contribution in [0.2, 0.25) is 0 Å². The van der Waals surface area contributed by atoms with Crippen molar-refractivity contribution in [1.82, 2.24) is 18.9 Å². The van der Waals surface area contributed by atoms with Gasteiger partial charge < -0.3 is 0 Å². The fourth-order valence-corrected chi connectivity index (χ4v) is 7.27. The molecule has 0 bridgehead atoms. The second kappa shape index (κ2) is 9.62. The van der Waals surface area contributed by atoms with Crippen molar-refractivity contribution in [2.75, 3.05) is 0 Å². The summed E-state index contributed by atoms with van der Waals surface area (Å²) in [5, 5.41) is 5.94. The van der Waals surface area contributed by atoms with Crippen LogP contribution in [-0.4, -0.2) is 18.9 Å². The normalized spacial score (nSPS) is 11.9. The summed E-state index contributed by atoms with van der Waals surface area (Å²) in [7, 11) is 0. The van der Waals surface area contributed by atoms with Crippen molar-refractivity contribution in [3.63, 3.8) is 0 Å². The Morgan fingerprint density at radius 2 is 1.07 bits per heavy atom. The molecule has 46 heavy (non-hydrogen) atoms. The number of para-hydroxylation sites is 3. The van der Waals surface area contributed by atoms with Gasteiger partial charge in [0.1, 0.15) is 11.5 Å². The Morgan fingerprint density at radius 1 is 0.413 bits per heavy atom. The first-order valence-electron chi connectivity index (χ1n) is 15.6. The molecule has 10 rings (SSSR count). The molecule has 0 amide bonds. The van der Waals surface area contributed by atoms with Gasteiger partial charge in [-0.25, -0.2) is 9.97 Å². The highest BCUT2D eigenvalue weighted by Gasteiger charge is 2.21. The van der Waals surface area contributed by atoms with E-state index in [-0.39, 0.29) is 0 Å². The number of benzene rings is 6. The van der Waals surface area contributed by atoms with Gasteiger partial charge in [0, 0.05) is 27.1 Å². The van der Waals surface area contributed by atoms with E-state index in [1.807, 2.05) is 6.07 Å². The molecule has 6 aromatic carbocycles. The zero-order valence-electron chi connectivity index (χ0n) is 24.8. The third-order valence-electron chi connectivity index (χ3n) is 9.27. The number of rotatable bonds is 3. The SMILES string of the molecule is c1ccc(-c2cc(-c3ccccc3)nc(-n3c4ccccc4c4c3ccc3c5ccccc5c5nc6ccccc6n5c34)c2)cc1. The lowest BCUT2D eigenvalue weighted by molar-refractivity contribution is 1.08. The molecule has 214 valence electrons. The van der Waals surface area contributed by atoms with Crippen LogP contribution >= 0.6 is 0 Å². The minimum atomic E-state index is 0.887. The number of fused-ring (bicyclic) bond motifs is 12. The van der Waals surface area contributed by atoms with Crippen molar-refractivity contribution in [2.45, 2.75) is 0 Å². The standard InChI is InChI=1S/C42H26N4/c1-3-13-27(14-4-1)29-25-35(28-15-5-2-6-16-28)43-39(26-29)45-36-21-11-9-19-33(36)40-38(45)24-23-31-30-17-7-8-18-32(30)42-44-34-20-10-12-22-37(34)46(42)41(31)40/h1-26H. The Hall–Kier alpha value is -6.26. The highest BCUT2D eigenvalue weighted by atomic mass is 15.1. The van der Waals surface area contributed by atoms with E-state index in [2.05, 4.69) is 161 Å². The summed E-state index contributed by atoms with van der Waals surface area (Å²) in [6.45, 7) is 0. The van der Waals surface area contributed by atoms with E-state index in [1.54, 1.807) is 0 Å². The molecule has 0 spiro atoms. The third kappa shape index (κ3) is 3.55. The topological polar surface area (TPSA) is 35.1 Å². The quantitative estimate of drug-likeness (QED) is 0.193. The predicted molar refractivity (Wildman–Crippen MR) is 191 cm³/mol. The van der Waals surface area contributed by atoms with E-state index in [1.165, 1.54) is 21.5 Å². The van der Waals surface area contributed by atoms with Crippen LogP contribution in [0.25, 0.3) is 88.4 Å². The van der Waals surface area contributed by atoms with Crippen molar-refractivity contribution in [3.05, 3.63) is 158 Å². The lowest BCUT2D eigenvalue weighted by Crippen LogP contribution is -2.00. The predicted octanol–water partition coefficient (Wildman–Crippen LogP) is 10.6. The molecule has 0 radical (unpaired) electrons. The lowest BCUT2D eigenvalue weighted by atomic mass is 10.0. The van der Waals surface area contributed by atoms with Crippen molar-refractivity contribution in [2.24, 2.45) is 0 Å². The van der Waals surface area contributed by atoms with Crippen LogP contribution in [-0.2, 0) is 0 Å². The van der Waals surface area contributed by atoms with E-state index in [0.29, 0.717) is 0 Å². The Kier molecular flexibility index (Phi) is 5.25. The number of pyridine rings is 2. The summed E-state index contributed by atoms with van der Waals surface area (Å²) in [5.41, 5.74) is 10.8. The molecule has 4 aromatic heterocycles. The molecular formula is C42H26N4. The largest absolute Gasteiger partial charge is 0.294 e. The molecule has 0 aliphatic carbocycles. The van der Waals surface area contributed by atoms with Crippen LogP contribution in [0.5, 0.6) is 0 Å². The molecule has 4 nitrogen and oxygen atoms in total. The monoisotopic (exact) mass is 586 g/mol. The summed E-state index contributed by atoms with van der Waals surface area (Å²) in [5.74, 6) is 0.887. The highest BCUT2D eigenvalue weighted by Crippen LogP contribution is 2.41. The van der Waals surface area contributed by atoms with Gasteiger partial charge in [-0.2, -0.15) is 0 Å². The molecule has 4 heteroatoms. The van der Waals surface area contributed by atoms with Crippen LogP contribution < -0.4 is 0 Å². The summed E-state index contributed by atoms with van der Waals surface area (Å²) < 4.78 is 4.71. The summed E-state index contributed by atoms with van der Waals surface area (Å²) in [6.07, 6.45) is 0. The van der Waals surface area contributed by atoms with Crippen LogP contribution in [0.4, 0.5) is 0 Å². The Balaban J connectivity index is 1.39. The second-order valence-corrected chi connectivity index (χ2v) is 11.8. The van der Waals surface area contributed by atoms with Gasteiger partial charge in [-0.3, -0.25) is 8.97 Å². The number of hydrogen-bond acceptors (Lipinski definition) is 2. The maximum Gasteiger partial charge on any atom is 0.146 e. The van der Waals surface area contributed by atoms with Crippen LogP contribution in [0, 0.1) is 0 Å². The smallest absolute Gasteiger partial charge is 0.146 e. The van der Waals surface area contributed by atoms with Gasteiger partial charge in [-0.1, -0.05) is 121 Å².